The number of piperazine rings is 1. The predicted octanol–water partition coefficient (Wildman–Crippen LogP) is 6.47. The number of rotatable bonds is 8. The molecule has 1 aromatic heterocycles. The first kappa shape index (κ1) is 28.4. The quantitative estimate of drug-likeness (QED) is 0.239. The van der Waals surface area contributed by atoms with E-state index in [1.54, 1.807) is 31.4 Å². The van der Waals surface area contributed by atoms with E-state index in [-0.39, 0.29) is 38.9 Å². The Morgan fingerprint density at radius 1 is 0.976 bits per heavy atom. The van der Waals surface area contributed by atoms with Crippen molar-refractivity contribution in [1.29, 1.82) is 0 Å². The average molecular weight is 597 g/mol. The zero-order chi connectivity index (χ0) is 28.9. The summed E-state index contributed by atoms with van der Waals surface area (Å²) >= 11 is 12.4. The molecule has 41 heavy (non-hydrogen) atoms. The maximum Gasteiger partial charge on any atom is 0.262 e. The summed E-state index contributed by atoms with van der Waals surface area (Å²) < 4.78 is 25.9. The van der Waals surface area contributed by atoms with Gasteiger partial charge in [0.05, 0.1) is 28.5 Å². The lowest BCUT2D eigenvalue weighted by atomic mass is 10.2. The molecule has 3 aromatic carbocycles. The molecule has 1 aliphatic heterocycles. The van der Waals surface area contributed by atoms with Crippen LogP contribution in [0.2, 0.25) is 10.0 Å². The standard InChI is InChI=1S/C29H27Cl2FN6O3/c1-37-12-14-38(15-13-37)23-11-10-18(16-25(23)40-2)34-29-33-17-19(27(39)35-26-20(30)6-5-7-21(26)31)28(36-29)41-24-9-4-3-8-22(24)32/h3-11,16-17H,12-15H2,1-2H3,(H,35,39)(H,33,34,36). The molecule has 0 saturated carbocycles. The van der Waals surface area contributed by atoms with E-state index in [2.05, 4.69) is 37.4 Å². The minimum Gasteiger partial charge on any atom is -0.495 e. The molecular weight excluding hydrogens is 570 g/mol. The molecule has 5 rings (SSSR count). The van der Waals surface area contributed by atoms with Crippen molar-refractivity contribution in [3.63, 3.8) is 0 Å². The van der Waals surface area contributed by atoms with Crippen LogP contribution in [0.3, 0.4) is 0 Å². The summed E-state index contributed by atoms with van der Waals surface area (Å²) in [5.41, 5.74) is 1.79. The first-order valence-electron chi connectivity index (χ1n) is 12.8. The number of likely N-dealkylation sites (N-methyl/N-ethyl adjacent to an activating group) is 1. The van der Waals surface area contributed by atoms with Crippen LogP contribution in [0.4, 0.5) is 27.4 Å². The molecule has 1 aliphatic rings. The van der Waals surface area contributed by atoms with Gasteiger partial charge in [-0.25, -0.2) is 9.37 Å². The third-order valence-electron chi connectivity index (χ3n) is 6.52. The molecule has 1 amide bonds. The number of ether oxygens (including phenoxy) is 2. The fourth-order valence-corrected chi connectivity index (χ4v) is 4.77. The fraction of sp³-hybridized carbons (Fsp3) is 0.207. The van der Waals surface area contributed by atoms with Crippen molar-refractivity contribution >= 4 is 52.1 Å². The molecule has 2 heterocycles. The Labute approximate surface area is 246 Å². The Morgan fingerprint density at radius 3 is 2.41 bits per heavy atom. The second-order valence-electron chi connectivity index (χ2n) is 9.30. The maximum absolute atomic E-state index is 14.5. The number of carbonyl (C=O) groups is 1. The van der Waals surface area contributed by atoms with Crippen LogP contribution < -0.4 is 25.0 Å². The van der Waals surface area contributed by atoms with E-state index in [1.165, 1.54) is 24.4 Å². The highest BCUT2D eigenvalue weighted by Gasteiger charge is 2.22. The molecule has 212 valence electrons. The van der Waals surface area contributed by atoms with E-state index in [1.807, 2.05) is 18.2 Å². The largest absolute Gasteiger partial charge is 0.495 e. The Hall–Kier alpha value is -4.12. The zero-order valence-electron chi connectivity index (χ0n) is 22.3. The molecule has 0 spiro atoms. The van der Waals surface area contributed by atoms with Gasteiger partial charge in [0.15, 0.2) is 11.6 Å². The minimum atomic E-state index is -0.643. The third-order valence-corrected chi connectivity index (χ3v) is 7.15. The Bertz CT molecular complexity index is 1550. The van der Waals surface area contributed by atoms with Crippen molar-refractivity contribution in [2.24, 2.45) is 0 Å². The van der Waals surface area contributed by atoms with Crippen LogP contribution in [0.15, 0.2) is 66.9 Å². The van der Waals surface area contributed by atoms with Gasteiger partial charge in [-0.15, -0.1) is 0 Å². The molecular formula is C29H27Cl2FN6O3. The lowest BCUT2D eigenvalue weighted by Gasteiger charge is -2.34. The second-order valence-corrected chi connectivity index (χ2v) is 10.1. The van der Waals surface area contributed by atoms with Crippen molar-refractivity contribution < 1.29 is 18.7 Å². The normalized spacial score (nSPS) is 13.5. The predicted molar refractivity (Wildman–Crippen MR) is 159 cm³/mol. The van der Waals surface area contributed by atoms with Crippen LogP contribution in [0.1, 0.15) is 10.4 Å². The van der Waals surface area contributed by atoms with Crippen LogP contribution in [0.25, 0.3) is 0 Å². The molecule has 1 fully saturated rings. The lowest BCUT2D eigenvalue weighted by molar-refractivity contribution is 0.102. The topological polar surface area (TPSA) is 91.8 Å². The number of amides is 1. The number of halogens is 3. The molecule has 0 radical (unpaired) electrons. The average Bonchev–Trinajstić information content (AvgIpc) is 2.97. The van der Waals surface area contributed by atoms with Crippen LogP contribution in [0, 0.1) is 5.82 Å². The highest BCUT2D eigenvalue weighted by atomic mass is 35.5. The van der Waals surface area contributed by atoms with Crippen LogP contribution >= 0.6 is 23.2 Å². The minimum absolute atomic E-state index is 0.0576. The molecule has 0 bridgehead atoms. The number of hydrogen-bond donors (Lipinski definition) is 2. The van der Waals surface area contributed by atoms with Gasteiger partial charge in [0.25, 0.3) is 5.91 Å². The lowest BCUT2D eigenvalue weighted by Crippen LogP contribution is -2.44. The highest BCUT2D eigenvalue weighted by Crippen LogP contribution is 2.34. The summed E-state index contributed by atoms with van der Waals surface area (Å²) in [4.78, 5) is 26.5. The van der Waals surface area contributed by atoms with E-state index in [0.29, 0.717) is 11.4 Å². The monoisotopic (exact) mass is 596 g/mol. The summed E-state index contributed by atoms with van der Waals surface area (Å²) in [5, 5.41) is 6.26. The van der Waals surface area contributed by atoms with E-state index in [9.17, 15) is 9.18 Å². The number of anilines is 4. The van der Waals surface area contributed by atoms with Gasteiger partial charge in [-0.2, -0.15) is 4.98 Å². The molecule has 4 aromatic rings. The van der Waals surface area contributed by atoms with Gasteiger partial charge < -0.3 is 29.9 Å². The van der Waals surface area contributed by atoms with Gasteiger partial charge in [0.2, 0.25) is 11.8 Å². The van der Waals surface area contributed by atoms with E-state index in [4.69, 9.17) is 32.7 Å². The van der Waals surface area contributed by atoms with Crippen molar-refractivity contribution in [2.75, 3.05) is 55.9 Å². The summed E-state index contributed by atoms with van der Waals surface area (Å²) in [7, 11) is 3.72. The van der Waals surface area contributed by atoms with Crippen molar-refractivity contribution in [1.82, 2.24) is 14.9 Å². The molecule has 1 saturated heterocycles. The summed E-state index contributed by atoms with van der Waals surface area (Å²) in [5.74, 6) is -0.732. The van der Waals surface area contributed by atoms with Gasteiger partial charge >= 0.3 is 0 Å². The molecule has 9 nitrogen and oxygen atoms in total. The Balaban J connectivity index is 1.44. The number of hydrogen-bond acceptors (Lipinski definition) is 8. The first-order valence-corrected chi connectivity index (χ1v) is 13.5. The summed E-state index contributed by atoms with van der Waals surface area (Å²) in [6.45, 7) is 3.71. The van der Waals surface area contributed by atoms with Gasteiger partial charge in [0, 0.05) is 44.1 Å². The van der Waals surface area contributed by atoms with E-state index < -0.39 is 11.7 Å². The Morgan fingerprint density at radius 2 is 1.71 bits per heavy atom. The number of benzene rings is 3. The van der Waals surface area contributed by atoms with Gasteiger partial charge in [0.1, 0.15) is 11.3 Å². The van der Waals surface area contributed by atoms with Crippen LogP contribution in [-0.2, 0) is 0 Å². The maximum atomic E-state index is 14.5. The SMILES string of the molecule is COc1cc(Nc2ncc(C(=O)Nc3c(Cl)cccc3Cl)c(Oc3ccccc3F)n2)ccc1N1CCN(C)CC1. The summed E-state index contributed by atoms with van der Waals surface area (Å²) in [6, 6.07) is 16.3. The van der Waals surface area contributed by atoms with E-state index in [0.717, 1.165) is 31.9 Å². The fourth-order valence-electron chi connectivity index (χ4n) is 4.28. The van der Waals surface area contributed by atoms with Crippen molar-refractivity contribution in [3.8, 4) is 17.4 Å². The van der Waals surface area contributed by atoms with Gasteiger partial charge in [-0.05, 0) is 43.4 Å². The summed E-state index contributed by atoms with van der Waals surface area (Å²) in [6.07, 6.45) is 1.28. The van der Waals surface area contributed by atoms with E-state index >= 15 is 0 Å². The van der Waals surface area contributed by atoms with Gasteiger partial charge in [-0.1, -0.05) is 41.4 Å². The number of nitrogens with zero attached hydrogens (tertiary/aromatic N) is 4. The van der Waals surface area contributed by atoms with Crippen molar-refractivity contribution in [2.45, 2.75) is 0 Å². The zero-order valence-corrected chi connectivity index (χ0v) is 23.8. The molecule has 0 atom stereocenters. The number of nitrogens with one attached hydrogen (secondary N) is 2. The Kier molecular flexibility index (Phi) is 8.72. The molecule has 12 heteroatoms. The number of aromatic nitrogens is 2. The molecule has 2 N–H and O–H groups in total. The first-order chi connectivity index (χ1) is 19.8. The van der Waals surface area contributed by atoms with Gasteiger partial charge in [-0.3, -0.25) is 4.79 Å². The molecule has 0 aliphatic carbocycles. The van der Waals surface area contributed by atoms with Crippen molar-refractivity contribution in [3.05, 3.63) is 88.3 Å². The second kappa shape index (κ2) is 12.6. The third kappa shape index (κ3) is 6.62. The number of methoxy groups -OCH3 is 1. The molecule has 0 unspecified atom stereocenters. The number of para-hydroxylation sites is 2. The number of carbonyl (C=O) groups excluding carboxylic acids is 1. The smallest absolute Gasteiger partial charge is 0.262 e. The highest BCUT2D eigenvalue weighted by molar-refractivity contribution is 6.40. The van der Waals surface area contributed by atoms with Crippen LogP contribution in [0.5, 0.6) is 17.4 Å². The van der Waals surface area contributed by atoms with Crippen LogP contribution in [-0.4, -0.2) is 61.1 Å².